The lowest BCUT2D eigenvalue weighted by Gasteiger charge is -2.16. The molecule has 0 aliphatic carbocycles. The van der Waals surface area contributed by atoms with Crippen LogP contribution in [0.15, 0.2) is 53.6 Å². The van der Waals surface area contributed by atoms with Crippen LogP contribution in [-0.4, -0.2) is 46.0 Å². The first-order valence-electron chi connectivity index (χ1n) is 10.3. The molecule has 1 amide bonds. The highest BCUT2D eigenvalue weighted by Crippen LogP contribution is 2.42. The van der Waals surface area contributed by atoms with Crippen LogP contribution in [0.5, 0.6) is 0 Å². The van der Waals surface area contributed by atoms with Crippen molar-refractivity contribution in [2.75, 3.05) is 18.2 Å². The first kappa shape index (κ1) is 25.7. The largest absolute Gasteiger partial charge is 0.329 e. The van der Waals surface area contributed by atoms with Crippen molar-refractivity contribution < 1.29 is 33.3 Å². The molecule has 1 heterocycles. The molecule has 0 radical (unpaired) electrons. The van der Waals surface area contributed by atoms with Crippen LogP contribution in [0, 0.1) is 26.1 Å². The Balaban J connectivity index is 2.11. The molecule has 2 aromatic carbocycles. The van der Waals surface area contributed by atoms with E-state index in [1.165, 1.54) is 0 Å². The van der Waals surface area contributed by atoms with Crippen molar-refractivity contribution >= 4 is 48.4 Å². The molecule has 1 aliphatic heterocycles. The molecule has 0 bridgehead atoms. The van der Waals surface area contributed by atoms with Gasteiger partial charge in [-0.2, -0.15) is 10.1 Å². The smallest absolute Gasteiger partial charge is 0.301 e. The zero-order chi connectivity index (χ0) is 25.7. The number of Topliss-reactive ketones (excluding diaryl/α,β-unsaturated/α-hetero) is 1. The Morgan fingerprint density at radius 2 is 1.66 bits per heavy atom. The standard InChI is InChI=1S/C21H19N4O9P/c1-3-33-35(34-4-2)21(28)19(26)17-18(13-8-6-5-7-9-13)22-23(20(17)27)15-11-10-14(24(29)30)12-16(15)25(31)32/h5-12,17H,3-4H2,1-2H3/t17-/m0/s1. The highest BCUT2D eigenvalue weighted by atomic mass is 31.2. The number of amides is 1. The SMILES string of the molecule is CCOP(OCC)C(=O)C(=O)[C@H]1C(=O)N(c2ccc([N+](=O)[O-])cc2[N+](=O)[O-])N=C1c1ccccc1. The molecule has 14 heteroatoms. The van der Waals surface area contributed by atoms with Crippen LogP contribution in [-0.2, 0) is 23.4 Å². The summed E-state index contributed by atoms with van der Waals surface area (Å²) in [6, 6.07) is 10.7. The number of hydrogen-bond acceptors (Lipinski definition) is 10. The van der Waals surface area contributed by atoms with Crippen LogP contribution >= 0.6 is 8.38 Å². The Morgan fingerprint density at radius 1 is 1.03 bits per heavy atom. The molecular formula is C21H19N4O9P. The average Bonchev–Trinajstić information content (AvgIpc) is 3.19. The summed E-state index contributed by atoms with van der Waals surface area (Å²) in [6.45, 7) is 3.40. The molecule has 0 saturated heterocycles. The number of non-ortho nitro benzene ring substituents is 1. The number of carbonyl (C=O) groups is 3. The number of benzene rings is 2. The van der Waals surface area contributed by atoms with Crippen LogP contribution < -0.4 is 5.01 Å². The fourth-order valence-electron chi connectivity index (χ4n) is 3.25. The van der Waals surface area contributed by atoms with E-state index in [1.54, 1.807) is 44.2 Å². The van der Waals surface area contributed by atoms with Crippen molar-refractivity contribution in [3.8, 4) is 0 Å². The van der Waals surface area contributed by atoms with Crippen molar-refractivity contribution in [2.45, 2.75) is 13.8 Å². The molecule has 182 valence electrons. The normalized spacial score (nSPS) is 15.3. The van der Waals surface area contributed by atoms with Crippen LogP contribution in [0.3, 0.4) is 0 Å². The minimum atomic E-state index is -2.28. The summed E-state index contributed by atoms with van der Waals surface area (Å²) in [5.41, 5.74) is -2.56. The van der Waals surface area contributed by atoms with E-state index < -0.39 is 58.4 Å². The van der Waals surface area contributed by atoms with E-state index in [4.69, 9.17) is 9.05 Å². The van der Waals surface area contributed by atoms with Gasteiger partial charge in [0.25, 0.3) is 25.5 Å². The molecule has 0 N–H and O–H groups in total. The van der Waals surface area contributed by atoms with Gasteiger partial charge in [0.15, 0.2) is 5.92 Å². The third kappa shape index (κ3) is 5.27. The molecule has 0 saturated carbocycles. The van der Waals surface area contributed by atoms with Gasteiger partial charge in [-0.15, -0.1) is 0 Å². The van der Waals surface area contributed by atoms with Crippen LogP contribution in [0.1, 0.15) is 19.4 Å². The fourth-order valence-corrected chi connectivity index (χ4v) is 4.34. The number of nitro benzene ring substituents is 2. The van der Waals surface area contributed by atoms with Crippen molar-refractivity contribution in [1.29, 1.82) is 0 Å². The average molecular weight is 502 g/mol. The Hall–Kier alpha value is -3.93. The third-order valence-corrected chi connectivity index (χ3v) is 6.27. The quantitative estimate of drug-likeness (QED) is 0.147. The van der Waals surface area contributed by atoms with Crippen LogP contribution in [0.4, 0.5) is 17.1 Å². The number of hydrogen-bond donors (Lipinski definition) is 0. The second kappa shape index (κ2) is 11.0. The van der Waals surface area contributed by atoms with Gasteiger partial charge in [0.1, 0.15) is 5.69 Å². The maximum Gasteiger partial charge on any atom is 0.301 e. The van der Waals surface area contributed by atoms with Crippen molar-refractivity contribution in [1.82, 2.24) is 0 Å². The van der Waals surface area contributed by atoms with E-state index in [1.807, 2.05) is 0 Å². The summed E-state index contributed by atoms with van der Waals surface area (Å²) in [6.07, 6.45) is 0. The molecule has 1 atom stereocenters. The first-order chi connectivity index (χ1) is 16.7. The number of anilines is 1. The predicted molar refractivity (Wildman–Crippen MR) is 124 cm³/mol. The van der Waals surface area contributed by atoms with Gasteiger partial charge in [0.05, 0.1) is 34.8 Å². The van der Waals surface area contributed by atoms with E-state index in [0.717, 1.165) is 12.1 Å². The Labute approximate surface area is 199 Å². The maximum atomic E-state index is 13.4. The summed E-state index contributed by atoms with van der Waals surface area (Å²) in [4.78, 5) is 60.4. The van der Waals surface area contributed by atoms with E-state index in [0.29, 0.717) is 16.6 Å². The highest BCUT2D eigenvalue weighted by Gasteiger charge is 2.48. The molecule has 13 nitrogen and oxygen atoms in total. The zero-order valence-corrected chi connectivity index (χ0v) is 19.4. The lowest BCUT2D eigenvalue weighted by Crippen LogP contribution is -2.37. The van der Waals surface area contributed by atoms with Gasteiger partial charge in [0.2, 0.25) is 5.78 Å². The maximum absolute atomic E-state index is 13.4. The number of carbonyl (C=O) groups excluding carboxylic acids is 3. The Kier molecular flexibility index (Phi) is 8.07. The van der Waals surface area contributed by atoms with Crippen molar-refractivity contribution in [3.05, 3.63) is 74.3 Å². The molecule has 0 spiro atoms. The number of hydrazone groups is 1. The topological polar surface area (TPSA) is 172 Å². The third-order valence-electron chi connectivity index (χ3n) is 4.73. The Bertz CT molecular complexity index is 1210. The minimum Gasteiger partial charge on any atom is -0.329 e. The lowest BCUT2D eigenvalue weighted by atomic mass is 9.93. The molecule has 0 fully saturated rings. The second-order valence-electron chi connectivity index (χ2n) is 6.88. The van der Waals surface area contributed by atoms with Gasteiger partial charge in [-0.1, -0.05) is 30.3 Å². The van der Waals surface area contributed by atoms with Crippen molar-refractivity contribution in [3.63, 3.8) is 0 Å². The molecule has 1 aliphatic rings. The van der Waals surface area contributed by atoms with Crippen molar-refractivity contribution in [2.24, 2.45) is 11.0 Å². The van der Waals surface area contributed by atoms with E-state index in [2.05, 4.69) is 5.10 Å². The number of rotatable bonds is 11. The van der Waals surface area contributed by atoms with Gasteiger partial charge in [-0.3, -0.25) is 34.6 Å². The summed E-state index contributed by atoms with van der Waals surface area (Å²) in [7, 11) is -2.28. The lowest BCUT2D eigenvalue weighted by molar-refractivity contribution is -0.393. The molecule has 0 aromatic heterocycles. The van der Waals surface area contributed by atoms with Crippen LogP contribution in [0.2, 0.25) is 0 Å². The summed E-state index contributed by atoms with van der Waals surface area (Å²) < 4.78 is 10.5. The monoisotopic (exact) mass is 502 g/mol. The number of nitrogens with zero attached hydrogens (tertiary/aromatic N) is 4. The molecule has 2 aromatic rings. The summed E-state index contributed by atoms with van der Waals surface area (Å²) in [5, 5.41) is 27.4. The van der Waals surface area contributed by atoms with Crippen LogP contribution in [0.25, 0.3) is 0 Å². The summed E-state index contributed by atoms with van der Waals surface area (Å²) >= 11 is 0. The van der Waals surface area contributed by atoms with Gasteiger partial charge >= 0.3 is 5.69 Å². The summed E-state index contributed by atoms with van der Waals surface area (Å²) in [5.74, 6) is -3.88. The minimum absolute atomic E-state index is 0.0874. The molecule has 35 heavy (non-hydrogen) atoms. The van der Waals surface area contributed by atoms with E-state index in [-0.39, 0.29) is 18.9 Å². The first-order valence-corrected chi connectivity index (χ1v) is 11.4. The second-order valence-corrected chi connectivity index (χ2v) is 8.32. The fraction of sp³-hybridized carbons (Fsp3) is 0.238. The zero-order valence-electron chi connectivity index (χ0n) is 18.5. The predicted octanol–water partition coefficient (Wildman–Crippen LogP) is 3.35. The number of ketones is 1. The van der Waals surface area contributed by atoms with E-state index in [9.17, 15) is 34.6 Å². The van der Waals surface area contributed by atoms with Gasteiger partial charge < -0.3 is 9.05 Å². The molecule has 0 unspecified atom stereocenters. The molecule has 3 rings (SSSR count). The van der Waals surface area contributed by atoms with Gasteiger partial charge in [0, 0.05) is 6.07 Å². The highest BCUT2D eigenvalue weighted by molar-refractivity contribution is 7.69. The Morgan fingerprint density at radius 3 is 2.20 bits per heavy atom. The van der Waals surface area contributed by atoms with E-state index >= 15 is 0 Å². The molecular weight excluding hydrogens is 483 g/mol. The van der Waals surface area contributed by atoms with Gasteiger partial charge in [-0.05, 0) is 25.5 Å². The number of nitro groups is 2. The van der Waals surface area contributed by atoms with Gasteiger partial charge in [-0.25, -0.2) is 0 Å².